The quantitative estimate of drug-likeness (QED) is 0.844. The first-order valence-electron chi connectivity index (χ1n) is 7.26. The summed E-state index contributed by atoms with van der Waals surface area (Å²) in [5, 5.41) is 3.73. The van der Waals surface area contributed by atoms with Crippen LogP contribution in [0.25, 0.3) is 0 Å². The fourth-order valence-corrected chi connectivity index (χ4v) is 3.05. The highest BCUT2D eigenvalue weighted by Crippen LogP contribution is 2.43. The van der Waals surface area contributed by atoms with Crippen molar-refractivity contribution in [1.82, 2.24) is 5.32 Å². The zero-order chi connectivity index (χ0) is 13.1. The Morgan fingerprint density at radius 2 is 1.79 bits per heavy atom. The largest absolute Gasteiger partial charge is 0.309 e. The Hall–Kier alpha value is -1.60. The van der Waals surface area contributed by atoms with Gasteiger partial charge in [0, 0.05) is 12.0 Å². The molecule has 0 bridgehead atoms. The third kappa shape index (κ3) is 2.43. The summed E-state index contributed by atoms with van der Waals surface area (Å²) in [6.07, 6.45) is 2.38. The fourth-order valence-electron chi connectivity index (χ4n) is 3.05. The first kappa shape index (κ1) is 12.4. The highest BCUT2D eigenvalue weighted by molar-refractivity contribution is 5.43. The molecule has 0 aromatic heterocycles. The van der Waals surface area contributed by atoms with Crippen molar-refractivity contribution in [3.63, 3.8) is 0 Å². The summed E-state index contributed by atoms with van der Waals surface area (Å²) in [4.78, 5) is 0. The molecule has 0 amide bonds. The molecule has 1 aliphatic carbocycles. The van der Waals surface area contributed by atoms with Gasteiger partial charge in [-0.1, -0.05) is 61.5 Å². The van der Waals surface area contributed by atoms with Gasteiger partial charge in [0.2, 0.25) is 0 Å². The van der Waals surface area contributed by atoms with Crippen molar-refractivity contribution in [2.24, 2.45) is 0 Å². The number of hydrogen-bond acceptors (Lipinski definition) is 1. The van der Waals surface area contributed by atoms with E-state index in [1.54, 1.807) is 0 Å². The average Bonchev–Trinajstić information content (AvgIpc) is 2.45. The molecule has 0 heterocycles. The molecule has 2 unspecified atom stereocenters. The molecular formula is C18H21N. The van der Waals surface area contributed by atoms with Gasteiger partial charge in [-0.2, -0.15) is 0 Å². The SMILES string of the molecule is CCCNC(c1ccccc1)C1Cc2ccccc21. The Balaban J connectivity index is 1.85. The van der Waals surface area contributed by atoms with Gasteiger partial charge in [-0.25, -0.2) is 0 Å². The second-order valence-corrected chi connectivity index (χ2v) is 5.35. The summed E-state index contributed by atoms with van der Waals surface area (Å²) in [6.45, 7) is 3.31. The molecule has 1 nitrogen and oxygen atoms in total. The minimum Gasteiger partial charge on any atom is -0.309 e. The van der Waals surface area contributed by atoms with Crippen molar-refractivity contribution in [3.05, 3.63) is 71.3 Å². The van der Waals surface area contributed by atoms with Gasteiger partial charge in [-0.3, -0.25) is 0 Å². The van der Waals surface area contributed by atoms with E-state index in [4.69, 9.17) is 0 Å². The first-order chi connectivity index (χ1) is 9.40. The Bertz CT molecular complexity index is 532. The van der Waals surface area contributed by atoms with Gasteiger partial charge >= 0.3 is 0 Å². The van der Waals surface area contributed by atoms with Crippen molar-refractivity contribution >= 4 is 0 Å². The predicted octanol–water partition coefficient (Wildman–Crippen LogP) is 4.07. The molecule has 0 radical (unpaired) electrons. The smallest absolute Gasteiger partial charge is 0.0392 e. The Kier molecular flexibility index (Phi) is 3.65. The maximum absolute atomic E-state index is 3.73. The summed E-state index contributed by atoms with van der Waals surface area (Å²) >= 11 is 0. The van der Waals surface area contributed by atoms with E-state index in [2.05, 4.69) is 66.8 Å². The lowest BCUT2D eigenvalue weighted by Gasteiger charge is -2.37. The third-order valence-corrected chi connectivity index (χ3v) is 4.07. The molecule has 0 fully saturated rings. The van der Waals surface area contributed by atoms with E-state index >= 15 is 0 Å². The highest BCUT2D eigenvalue weighted by atomic mass is 14.9. The molecule has 0 saturated carbocycles. The van der Waals surface area contributed by atoms with Crippen LogP contribution in [0.1, 0.15) is 42.0 Å². The van der Waals surface area contributed by atoms with Crippen LogP contribution in [0.5, 0.6) is 0 Å². The van der Waals surface area contributed by atoms with E-state index in [1.807, 2.05) is 0 Å². The zero-order valence-corrected chi connectivity index (χ0v) is 11.5. The molecule has 1 heteroatoms. The molecule has 2 aromatic carbocycles. The van der Waals surface area contributed by atoms with Crippen molar-refractivity contribution in [3.8, 4) is 0 Å². The number of hydrogen-bond donors (Lipinski definition) is 1. The van der Waals surface area contributed by atoms with E-state index in [1.165, 1.54) is 29.5 Å². The van der Waals surface area contributed by atoms with Crippen LogP contribution in [0, 0.1) is 0 Å². The molecule has 2 aromatic rings. The second kappa shape index (κ2) is 5.58. The third-order valence-electron chi connectivity index (χ3n) is 4.07. The van der Waals surface area contributed by atoms with E-state index in [9.17, 15) is 0 Å². The molecule has 1 N–H and O–H groups in total. The number of fused-ring (bicyclic) bond motifs is 1. The van der Waals surface area contributed by atoms with Gasteiger partial charge in [0.1, 0.15) is 0 Å². The highest BCUT2D eigenvalue weighted by Gasteiger charge is 2.32. The summed E-state index contributed by atoms with van der Waals surface area (Å²) < 4.78 is 0. The second-order valence-electron chi connectivity index (χ2n) is 5.35. The Morgan fingerprint density at radius 3 is 2.53 bits per heavy atom. The van der Waals surface area contributed by atoms with Gasteiger partial charge in [0.05, 0.1) is 0 Å². The van der Waals surface area contributed by atoms with Crippen LogP contribution < -0.4 is 5.32 Å². The zero-order valence-electron chi connectivity index (χ0n) is 11.5. The molecule has 2 atom stereocenters. The van der Waals surface area contributed by atoms with Gasteiger partial charge in [-0.15, -0.1) is 0 Å². The minimum absolute atomic E-state index is 0.455. The lowest BCUT2D eigenvalue weighted by molar-refractivity contribution is 0.411. The lowest BCUT2D eigenvalue weighted by atomic mass is 9.71. The molecule has 98 valence electrons. The maximum Gasteiger partial charge on any atom is 0.0392 e. The molecule has 1 aliphatic rings. The monoisotopic (exact) mass is 251 g/mol. The van der Waals surface area contributed by atoms with Gasteiger partial charge < -0.3 is 5.32 Å². The van der Waals surface area contributed by atoms with E-state index in [0.29, 0.717) is 12.0 Å². The molecule has 19 heavy (non-hydrogen) atoms. The predicted molar refractivity (Wildman–Crippen MR) is 80.4 cm³/mol. The normalized spacial score (nSPS) is 18.5. The molecule has 0 saturated heterocycles. The van der Waals surface area contributed by atoms with Crippen molar-refractivity contribution in [2.75, 3.05) is 6.54 Å². The Morgan fingerprint density at radius 1 is 1.05 bits per heavy atom. The van der Waals surface area contributed by atoms with E-state index in [-0.39, 0.29) is 0 Å². The van der Waals surface area contributed by atoms with Gasteiger partial charge in [-0.05, 0) is 36.1 Å². The fraction of sp³-hybridized carbons (Fsp3) is 0.333. The topological polar surface area (TPSA) is 12.0 Å². The summed E-state index contributed by atoms with van der Waals surface area (Å²) in [7, 11) is 0. The molecule has 0 aliphatic heterocycles. The van der Waals surface area contributed by atoms with Crippen LogP contribution in [0.2, 0.25) is 0 Å². The van der Waals surface area contributed by atoms with Crippen LogP contribution in [0.4, 0.5) is 0 Å². The number of nitrogens with one attached hydrogen (secondary N) is 1. The Labute approximate surface area is 115 Å². The summed E-state index contributed by atoms with van der Waals surface area (Å²) in [5.41, 5.74) is 4.46. The van der Waals surface area contributed by atoms with Crippen LogP contribution in [-0.2, 0) is 6.42 Å². The van der Waals surface area contributed by atoms with Crippen LogP contribution in [-0.4, -0.2) is 6.54 Å². The molecule has 3 rings (SSSR count). The van der Waals surface area contributed by atoms with Gasteiger partial charge in [0.25, 0.3) is 0 Å². The van der Waals surface area contributed by atoms with E-state index < -0.39 is 0 Å². The van der Waals surface area contributed by atoms with Crippen LogP contribution in [0.3, 0.4) is 0 Å². The number of rotatable bonds is 5. The van der Waals surface area contributed by atoms with Crippen molar-refractivity contribution in [2.45, 2.75) is 31.7 Å². The number of benzene rings is 2. The van der Waals surface area contributed by atoms with Gasteiger partial charge in [0.15, 0.2) is 0 Å². The van der Waals surface area contributed by atoms with Crippen LogP contribution in [0.15, 0.2) is 54.6 Å². The summed E-state index contributed by atoms with van der Waals surface area (Å²) in [5.74, 6) is 0.630. The summed E-state index contributed by atoms with van der Waals surface area (Å²) in [6, 6.07) is 20.2. The maximum atomic E-state index is 3.73. The molecular weight excluding hydrogens is 230 g/mol. The van der Waals surface area contributed by atoms with Crippen molar-refractivity contribution < 1.29 is 0 Å². The first-order valence-corrected chi connectivity index (χ1v) is 7.26. The molecule has 0 spiro atoms. The van der Waals surface area contributed by atoms with E-state index in [0.717, 1.165) is 6.54 Å². The van der Waals surface area contributed by atoms with Crippen LogP contribution >= 0.6 is 0 Å². The average molecular weight is 251 g/mol. The van der Waals surface area contributed by atoms with Crippen molar-refractivity contribution in [1.29, 1.82) is 0 Å². The lowest BCUT2D eigenvalue weighted by Crippen LogP contribution is -2.33. The standard InChI is InChI=1S/C18H21N/c1-2-12-19-18(14-8-4-3-5-9-14)17-13-15-10-6-7-11-16(15)17/h3-11,17-19H,2,12-13H2,1H3. The minimum atomic E-state index is 0.455.